The Kier molecular flexibility index (Phi) is 5.27. The molecule has 0 aliphatic heterocycles. The Morgan fingerprint density at radius 3 is 1.95 bits per heavy atom. The molecule has 22 heavy (non-hydrogen) atoms. The second-order valence-corrected chi connectivity index (χ2v) is 4.76. The van der Waals surface area contributed by atoms with Crippen LogP contribution < -0.4 is 11.1 Å². The fourth-order valence-electron chi connectivity index (χ4n) is 2.09. The monoisotopic (exact) mass is 298 g/mol. The summed E-state index contributed by atoms with van der Waals surface area (Å²) in [4.78, 5) is 24.2. The molecule has 3 N–H and O–H groups in total. The summed E-state index contributed by atoms with van der Waals surface area (Å²) in [6.45, 7) is 0. The molecule has 5 nitrogen and oxygen atoms in total. The van der Waals surface area contributed by atoms with Crippen LogP contribution in [0.3, 0.4) is 0 Å². The SMILES string of the molecule is COC(=O)C(NC(=O)C(N)c1ccccc1)c1ccccc1. The first kappa shape index (κ1) is 15.7. The molecule has 0 fully saturated rings. The number of rotatable bonds is 5. The van der Waals surface area contributed by atoms with E-state index in [2.05, 4.69) is 5.32 Å². The smallest absolute Gasteiger partial charge is 0.333 e. The number of carbonyl (C=O) groups excluding carboxylic acids is 2. The Balaban J connectivity index is 2.17. The van der Waals surface area contributed by atoms with Gasteiger partial charge in [0.1, 0.15) is 6.04 Å². The third kappa shape index (κ3) is 3.71. The highest BCUT2D eigenvalue weighted by molar-refractivity contribution is 5.88. The van der Waals surface area contributed by atoms with E-state index in [1.54, 1.807) is 48.5 Å². The molecule has 114 valence electrons. The lowest BCUT2D eigenvalue weighted by Gasteiger charge is -2.19. The summed E-state index contributed by atoms with van der Waals surface area (Å²) in [5, 5.41) is 2.64. The number of benzene rings is 2. The Bertz CT molecular complexity index is 629. The van der Waals surface area contributed by atoms with Crippen LogP contribution in [0.2, 0.25) is 0 Å². The standard InChI is InChI=1S/C17H18N2O3/c1-22-17(21)15(13-10-6-3-7-11-13)19-16(20)14(18)12-8-4-2-5-9-12/h2-11,14-15H,18H2,1H3,(H,19,20). The summed E-state index contributed by atoms with van der Waals surface area (Å²) in [7, 11) is 1.28. The number of hydrogen-bond acceptors (Lipinski definition) is 4. The van der Waals surface area contributed by atoms with Crippen molar-refractivity contribution in [2.24, 2.45) is 5.73 Å². The average Bonchev–Trinajstić information content (AvgIpc) is 2.59. The fraction of sp³-hybridized carbons (Fsp3) is 0.176. The van der Waals surface area contributed by atoms with Gasteiger partial charge in [0, 0.05) is 0 Å². The lowest BCUT2D eigenvalue weighted by molar-refractivity contribution is -0.145. The predicted octanol–water partition coefficient (Wildman–Crippen LogP) is 1.72. The molecule has 0 spiro atoms. The highest BCUT2D eigenvalue weighted by atomic mass is 16.5. The Hall–Kier alpha value is -2.66. The van der Waals surface area contributed by atoms with Crippen molar-refractivity contribution in [3.8, 4) is 0 Å². The van der Waals surface area contributed by atoms with Gasteiger partial charge in [0.2, 0.25) is 5.91 Å². The largest absolute Gasteiger partial charge is 0.467 e. The van der Waals surface area contributed by atoms with Crippen LogP contribution in [-0.4, -0.2) is 19.0 Å². The molecule has 2 aromatic rings. The zero-order valence-electron chi connectivity index (χ0n) is 12.2. The van der Waals surface area contributed by atoms with Crippen molar-refractivity contribution in [3.05, 3.63) is 71.8 Å². The first-order valence-corrected chi connectivity index (χ1v) is 6.87. The van der Waals surface area contributed by atoms with E-state index in [1.165, 1.54) is 7.11 Å². The van der Waals surface area contributed by atoms with Crippen molar-refractivity contribution >= 4 is 11.9 Å². The maximum absolute atomic E-state index is 12.3. The number of esters is 1. The van der Waals surface area contributed by atoms with E-state index in [1.807, 2.05) is 12.1 Å². The van der Waals surface area contributed by atoms with E-state index in [9.17, 15) is 9.59 Å². The molecule has 0 aromatic heterocycles. The Labute approximate surface area is 129 Å². The molecule has 0 radical (unpaired) electrons. The van der Waals surface area contributed by atoms with Crippen molar-refractivity contribution in [1.29, 1.82) is 0 Å². The normalized spacial score (nSPS) is 13.0. The summed E-state index contributed by atoms with van der Waals surface area (Å²) in [6.07, 6.45) is 0. The van der Waals surface area contributed by atoms with Crippen LogP contribution in [0.5, 0.6) is 0 Å². The van der Waals surface area contributed by atoms with Crippen LogP contribution in [0.4, 0.5) is 0 Å². The first-order chi connectivity index (χ1) is 10.6. The minimum Gasteiger partial charge on any atom is -0.467 e. The van der Waals surface area contributed by atoms with E-state index < -0.39 is 24.0 Å². The van der Waals surface area contributed by atoms with Crippen molar-refractivity contribution in [2.45, 2.75) is 12.1 Å². The van der Waals surface area contributed by atoms with Crippen LogP contribution in [0.25, 0.3) is 0 Å². The van der Waals surface area contributed by atoms with Gasteiger partial charge in [-0.1, -0.05) is 60.7 Å². The lowest BCUT2D eigenvalue weighted by atomic mass is 10.0. The summed E-state index contributed by atoms with van der Waals surface area (Å²) in [5.74, 6) is -0.981. The molecule has 2 rings (SSSR count). The first-order valence-electron chi connectivity index (χ1n) is 6.87. The second kappa shape index (κ2) is 7.38. The van der Waals surface area contributed by atoms with E-state index in [0.717, 1.165) is 0 Å². The summed E-state index contributed by atoms with van der Waals surface area (Å²) < 4.78 is 4.76. The van der Waals surface area contributed by atoms with Gasteiger partial charge in [-0.3, -0.25) is 4.79 Å². The van der Waals surface area contributed by atoms with Crippen LogP contribution in [0, 0.1) is 0 Å². The third-order valence-electron chi connectivity index (χ3n) is 3.30. The quantitative estimate of drug-likeness (QED) is 0.823. The van der Waals surface area contributed by atoms with Crippen LogP contribution in [-0.2, 0) is 14.3 Å². The van der Waals surface area contributed by atoms with Crippen molar-refractivity contribution in [3.63, 3.8) is 0 Å². The summed E-state index contributed by atoms with van der Waals surface area (Å²) in [5.41, 5.74) is 7.26. The van der Waals surface area contributed by atoms with Crippen LogP contribution >= 0.6 is 0 Å². The van der Waals surface area contributed by atoms with Gasteiger partial charge >= 0.3 is 5.97 Å². The molecule has 0 heterocycles. The van der Waals surface area contributed by atoms with Gasteiger partial charge in [-0.2, -0.15) is 0 Å². The highest BCUT2D eigenvalue weighted by Crippen LogP contribution is 2.17. The van der Waals surface area contributed by atoms with Crippen molar-refractivity contribution in [2.75, 3.05) is 7.11 Å². The van der Waals surface area contributed by atoms with Crippen LogP contribution in [0.1, 0.15) is 23.2 Å². The highest BCUT2D eigenvalue weighted by Gasteiger charge is 2.26. The van der Waals surface area contributed by atoms with E-state index >= 15 is 0 Å². The molecule has 0 saturated carbocycles. The summed E-state index contributed by atoms with van der Waals surface area (Å²) in [6, 6.07) is 16.1. The number of nitrogens with one attached hydrogen (secondary N) is 1. The van der Waals surface area contributed by atoms with Gasteiger partial charge < -0.3 is 15.8 Å². The third-order valence-corrected chi connectivity index (χ3v) is 3.30. The lowest BCUT2D eigenvalue weighted by Crippen LogP contribution is -2.40. The van der Waals surface area contributed by atoms with Gasteiger partial charge in [-0.25, -0.2) is 4.79 Å². The van der Waals surface area contributed by atoms with Gasteiger partial charge in [-0.15, -0.1) is 0 Å². The number of methoxy groups -OCH3 is 1. The average molecular weight is 298 g/mol. The van der Waals surface area contributed by atoms with Crippen molar-refractivity contribution in [1.82, 2.24) is 5.32 Å². The molecule has 0 bridgehead atoms. The molecule has 5 heteroatoms. The Morgan fingerprint density at radius 1 is 0.955 bits per heavy atom. The van der Waals surface area contributed by atoms with Gasteiger partial charge in [0.15, 0.2) is 6.04 Å². The van der Waals surface area contributed by atoms with Gasteiger partial charge in [0.05, 0.1) is 7.11 Å². The molecular weight excluding hydrogens is 280 g/mol. The molecule has 0 aliphatic rings. The van der Waals surface area contributed by atoms with Gasteiger partial charge in [0.25, 0.3) is 0 Å². The number of hydrogen-bond donors (Lipinski definition) is 2. The molecule has 0 saturated heterocycles. The minimum absolute atomic E-state index is 0.439. The zero-order valence-corrected chi connectivity index (χ0v) is 12.2. The zero-order chi connectivity index (χ0) is 15.9. The molecule has 0 aliphatic carbocycles. The molecule has 1 amide bonds. The van der Waals surface area contributed by atoms with Crippen LogP contribution in [0.15, 0.2) is 60.7 Å². The Morgan fingerprint density at radius 2 is 1.45 bits per heavy atom. The fourth-order valence-corrected chi connectivity index (χ4v) is 2.09. The number of nitrogens with two attached hydrogens (primary N) is 1. The second-order valence-electron chi connectivity index (χ2n) is 4.76. The predicted molar refractivity (Wildman–Crippen MR) is 82.7 cm³/mol. The van der Waals surface area contributed by atoms with Gasteiger partial charge in [-0.05, 0) is 11.1 Å². The van der Waals surface area contributed by atoms with E-state index in [0.29, 0.717) is 11.1 Å². The number of ether oxygens (including phenoxy) is 1. The molecule has 2 aromatic carbocycles. The maximum Gasteiger partial charge on any atom is 0.333 e. The number of carbonyl (C=O) groups is 2. The summed E-state index contributed by atoms with van der Waals surface area (Å²) >= 11 is 0. The molecular formula is C17H18N2O3. The molecule has 2 atom stereocenters. The topological polar surface area (TPSA) is 81.4 Å². The minimum atomic E-state index is -0.881. The van der Waals surface area contributed by atoms with E-state index in [4.69, 9.17) is 10.5 Å². The van der Waals surface area contributed by atoms with Crippen molar-refractivity contribution < 1.29 is 14.3 Å². The van der Waals surface area contributed by atoms with E-state index in [-0.39, 0.29) is 0 Å². The molecule has 2 unspecified atom stereocenters. The maximum atomic E-state index is 12.3. The number of amides is 1.